The molecule has 0 bridgehead atoms. The number of nitrogens with zero attached hydrogens (tertiary/aromatic N) is 2. The molecule has 0 aromatic heterocycles. The molecule has 0 N–H and O–H groups in total. The summed E-state index contributed by atoms with van der Waals surface area (Å²) < 4.78 is 0. The van der Waals surface area contributed by atoms with Gasteiger partial charge in [-0.25, -0.2) is 0 Å². The van der Waals surface area contributed by atoms with Crippen molar-refractivity contribution in [1.29, 1.82) is 0 Å². The molecule has 1 saturated carbocycles. The molecular weight excluding hydrogens is 383 g/mol. The monoisotopic (exact) mass is 402 g/mol. The second-order valence-electron chi connectivity index (χ2n) is 7.18. The van der Waals surface area contributed by atoms with Gasteiger partial charge in [0.25, 0.3) is 5.91 Å². The van der Waals surface area contributed by atoms with E-state index in [4.69, 9.17) is 23.2 Å². The Morgan fingerprint density at radius 1 is 0.815 bits per heavy atom. The number of carbonyl (C=O) groups is 2. The highest BCUT2D eigenvalue weighted by molar-refractivity contribution is 6.31. The molecule has 4 rings (SSSR count). The first-order valence-electron chi connectivity index (χ1n) is 9.10. The molecule has 27 heavy (non-hydrogen) atoms. The summed E-state index contributed by atoms with van der Waals surface area (Å²) in [5, 5.41) is 1.23. The Hall–Kier alpha value is -2.04. The molecule has 2 aromatic rings. The quantitative estimate of drug-likeness (QED) is 0.777. The number of rotatable bonds is 3. The van der Waals surface area contributed by atoms with Crippen molar-refractivity contribution in [2.24, 2.45) is 0 Å². The van der Waals surface area contributed by atoms with Gasteiger partial charge < -0.3 is 9.80 Å². The molecule has 2 fully saturated rings. The summed E-state index contributed by atoms with van der Waals surface area (Å²) in [6.07, 6.45) is 1.74. The zero-order chi connectivity index (χ0) is 19.0. The van der Waals surface area contributed by atoms with Crippen molar-refractivity contribution in [1.82, 2.24) is 9.80 Å². The number of halogens is 2. The highest BCUT2D eigenvalue weighted by Gasteiger charge is 2.53. The van der Waals surface area contributed by atoms with Gasteiger partial charge in [-0.15, -0.1) is 0 Å². The van der Waals surface area contributed by atoms with Crippen LogP contribution >= 0.6 is 23.2 Å². The van der Waals surface area contributed by atoms with E-state index in [0.29, 0.717) is 41.8 Å². The zero-order valence-corrected chi connectivity index (χ0v) is 16.3. The standard InChI is InChI=1S/C21H20Cl2N2O2/c22-17-6-4-16(5-7-17)21(8-9-21)20(27)25-12-10-24(11-13-25)19(26)15-2-1-3-18(23)14-15/h1-7,14H,8-13H2. The van der Waals surface area contributed by atoms with E-state index in [0.717, 1.165) is 18.4 Å². The van der Waals surface area contributed by atoms with Gasteiger partial charge in [0.05, 0.1) is 5.41 Å². The van der Waals surface area contributed by atoms with Crippen LogP contribution in [0.25, 0.3) is 0 Å². The molecule has 0 unspecified atom stereocenters. The van der Waals surface area contributed by atoms with Gasteiger partial charge in [0.15, 0.2) is 0 Å². The fraction of sp³-hybridized carbons (Fsp3) is 0.333. The minimum Gasteiger partial charge on any atom is -0.338 e. The van der Waals surface area contributed by atoms with Gasteiger partial charge in [-0.05, 0) is 48.7 Å². The van der Waals surface area contributed by atoms with E-state index in [1.54, 1.807) is 29.2 Å². The lowest BCUT2D eigenvalue weighted by molar-refractivity contribution is -0.135. The molecule has 4 nitrogen and oxygen atoms in total. The fourth-order valence-electron chi connectivity index (χ4n) is 3.74. The van der Waals surface area contributed by atoms with Crippen LogP contribution < -0.4 is 0 Å². The van der Waals surface area contributed by atoms with Crippen molar-refractivity contribution >= 4 is 35.0 Å². The van der Waals surface area contributed by atoms with Crippen LogP contribution in [0.4, 0.5) is 0 Å². The summed E-state index contributed by atoms with van der Waals surface area (Å²) >= 11 is 12.0. The topological polar surface area (TPSA) is 40.6 Å². The number of hydrogen-bond donors (Lipinski definition) is 0. The second-order valence-corrected chi connectivity index (χ2v) is 8.06. The number of amides is 2. The van der Waals surface area contributed by atoms with Crippen LogP contribution in [0.5, 0.6) is 0 Å². The van der Waals surface area contributed by atoms with Crippen LogP contribution in [0.2, 0.25) is 10.0 Å². The van der Waals surface area contributed by atoms with Crippen LogP contribution in [0.15, 0.2) is 48.5 Å². The maximum atomic E-state index is 13.1. The molecule has 1 aliphatic heterocycles. The lowest BCUT2D eigenvalue weighted by Crippen LogP contribution is -2.53. The molecule has 0 spiro atoms. The summed E-state index contributed by atoms with van der Waals surface area (Å²) in [5.41, 5.74) is 1.22. The van der Waals surface area contributed by atoms with E-state index >= 15 is 0 Å². The van der Waals surface area contributed by atoms with Crippen LogP contribution in [0, 0.1) is 0 Å². The lowest BCUT2D eigenvalue weighted by Gasteiger charge is -2.36. The minimum atomic E-state index is -0.399. The average Bonchev–Trinajstić information content (AvgIpc) is 3.49. The van der Waals surface area contributed by atoms with Crippen LogP contribution in [0.1, 0.15) is 28.8 Å². The third-order valence-electron chi connectivity index (χ3n) is 5.48. The average molecular weight is 403 g/mol. The molecule has 1 aliphatic carbocycles. The van der Waals surface area contributed by atoms with Gasteiger partial charge in [0, 0.05) is 41.8 Å². The largest absolute Gasteiger partial charge is 0.338 e. The molecule has 0 radical (unpaired) electrons. The zero-order valence-electron chi connectivity index (χ0n) is 14.8. The molecule has 2 aromatic carbocycles. The highest BCUT2D eigenvalue weighted by Crippen LogP contribution is 2.49. The third-order valence-corrected chi connectivity index (χ3v) is 5.97. The fourth-order valence-corrected chi connectivity index (χ4v) is 4.06. The minimum absolute atomic E-state index is 0.0385. The van der Waals surface area contributed by atoms with Crippen LogP contribution in [-0.4, -0.2) is 47.8 Å². The first kappa shape index (κ1) is 18.3. The van der Waals surface area contributed by atoms with Crippen LogP contribution in [0.3, 0.4) is 0 Å². The van der Waals surface area contributed by atoms with E-state index < -0.39 is 5.41 Å². The van der Waals surface area contributed by atoms with Gasteiger partial charge in [-0.3, -0.25) is 9.59 Å². The molecule has 140 valence electrons. The van der Waals surface area contributed by atoms with Gasteiger partial charge in [0.1, 0.15) is 0 Å². The van der Waals surface area contributed by atoms with Gasteiger partial charge in [-0.1, -0.05) is 41.4 Å². The molecular formula is C21H20Cl2N2O2. The predicted molar refractivity (Wildman–Crippen MR) is 106 cm³/mol. The maximum absolute atomic E-state index is 13.1. The molecule has 1 saturated heterocycles. The smallest absolute Gasteiger partial charge is 0.254 e. The van der Waals surface area contributed by atoms with E-state index in [-0.39, 0.29) is 11.8 Å². The van der Waals surface area contributed by atoms with Crippen molar-refractivity contribution < 1.29 is 9.59 Å². The number of benzene rings is 2. The first-order valence-corrected chi connectivity index (χ1v) is 9.85. The first-order chi connectivity index (χ1) is 13.0. The van der Waals surface area contributed by atoms with Crippen molar-refractivity contribution in [3.63, 3.8) is 0 Å². The maximum Gasteiger partial charge on any atom is 0.254 e. The van der Waals surface area contributed by atoms with E-state index in [2.05, 4.69) is 0 Å². The number of carbonyl (C=O) groups excluding carboxylic acids is 2. The summed E-state index contributed by atoms with van der Waals surface area (Å²) in [4.78, 5) is 29.5. The van der Waals surface area contributed by atoms with Crippen molar-refractivity contribution in [3.05, 3.63) is 69.7 Å². The number of piperazine rings is 1. The number of hydrogen-bond acceptors (Lipinski definition) is 2. The van der Waals surface area contributed by atoms with E-state index in [1.807, 2.05) is 29.2 Å². The SMILES string of the molecule is O=C(c1cccc(Cl)c1)N1CCN(C(=O)C2(c3ccc(Cl)cc3)CC2)CC1. The summed E-state index contributed by atoms with van der Waals surface area (Å²) in [6, 6.07) is 14.6. The van der Waals surface area contributed by atoms with Gasteiger partial charge in [-0.2, -0.15) is 0 Å². The second kappa shape index (κ2) is 7.17. The highest BCUT2D eigenvalue weighted by atomic mass is 35.5. The molecule has 1 heterocycles. The molecule has 6 heteroatoms. The lowest BCUT2D eigenvalue weighted by atomic mass is 9.94. The summed E-state index contributed by atoms with van der Waals surface area (Å²) in [7, 11) is 0. The normalized spacial score (nSPS) is 18.3. The Kier molecular flexibility index (Phi) is 4.87. The summed E-state index contributed by atoms with van der Waals surface area (Å²) in [5.74, 6) is 0.128. The molecule has 2 aliphatic rings. The predicted octanol–water partition coefficient (Wildman–Crippen LogP) is 4.01. The van der Waals surface area contributed by atoms with Gasteiger partial charge >= 0.3 is 0 Å². The van der Waals surface area contributed by atoms with E-state index in [1.165, 1.54) is 0 Å². The van der Waals surface area contributed by atoms with E-state index in [9.17, 15) is 9.59 Å². The van der Waals surface area contributed by atoms with Crippen molar-refractivity contribution in [2.75, 3.05) is 26.2 Å². The third kappa shape index (κ3) is 3.56. The summed E-state index contributed by atoms with van der Waals surface area (Å²) in [6.45, 7) is 2.18. The Morgan fingerprint density at radius 2 is 1.44 bits per heavy atom. The Bertz CT molecular complexity index is 870. The van der Waals surface area contributed by atoms with Gasteiger partial charge in [0.2, 0.25) is 5.91 Å². The Morgan fingerprint density at radius 3 is 2.04 bits per heavy atom. The Balaban J connectivity index is 1.41. The van der Waals surface area contributed by atoms with Crippen molar-refractivity contribution in [2.45, 2.75) is 18.3 Å². The molecule has 2 amide bonds. The Labute approximate surface area is 168 Å². The van der Waals surface area contributed by atoms with Crippen molar-refractivity contribution in [3.8, 4) is 0 Å². The molecule has 0 atom stereocenters. The van der Waals surface area contributed by atoms with Crippen LogP contribution in [-0.2, 0) is 10.2 Å².